The summed E-state index contributed by atoms with van der Waals surface area (Å²) in [6, 6.07) is 0.590. The van der Waals surface area contributed by atoms with E-state index in [0.29, 0.717) is 12.0 Å². The maximum absolute atomic E-state index is 4.90. The van der Waals surface area contributed by atoms with Crippen molar-refractivity contribution in [1.29, 1.82) is 0 Å². The van der Waals surface area contributed by atoms with Crippen LogP contribution in [0.5, 0.6) is 0 Å². The van der Waals surface area contributed by atoms with E-state index in [-0.39, 0.29) is 0 Å². The lowest BCUT2D eigenvalue weighted by Gasteiger charge is -2.37. The lowest BCUT2D eigenvalue weighted by atomic mass is 10.0. The van der Waals surface area contributed by atoms with Gasteiger partial charge in [0.05, 0.1) is 5.69 Å². The number of nitrogens with zero attached hydrogens (tertiary/aromatic N) is 3. The van der Waals surface area contributed by atoms with E-state index in [1.807, 2.05) is 7.05 Å². The highest BCUT2D eigenvalue weighted by Crippen LogP contribution is 2.25. The molecular formula is C16H30N4. The highest BCUT2D eigenvalue weighted by molar-refractivity contribution is 5.36. The number of aromatic nitrogens is 2. The SMILES string of the molecule is CCc1cn(CC(C)C)c(N2CCCCC2CNC)n1. The zero-order valence-corrected chi connectivity index (χ0v) is 13.5. The number of aryl methyl sites for hydroxylation is 1. The van der Waals surface area contributed by atoms with Gasteiger partial charge < -0.3 is 14.8 Å². The molecule has 2 heterocycles. The zero-order chi connectivity index (χ0) is 14.5. The average Bonchev–Trinajstić information content (AvgIpc) is 2.82. The van der Waals surface area contributed by atoms with Crippen LogP contribution in [0.3, 0.4) is 0 Å². The second-order valence-corrected chi connectivity index (χ2v) is 6.33. The fraction of sp³-hybridized carbons (Fsp3) is 0.812. The molecule has 0 bridgehead atoms. The van der Waals surface area contributed by atoms with Crippen molar-refractivity contribution in [2.45, 2.75) is 59.0 Å². The molecule has 1 fully saturated rings. The van der Waals surface area contributed by atoms with Gasteiger partial charge in [0.25, 0.3) is 0 Å². The number of rotatable bonds is 6. The van der Waals surface area contributed by atoms with E-state index in [0.717, 1.165) is 26.1 Å². The molecule has 1 N–H and O–H groups in total. The Morgan fingerprint density at radius 2 is 2.20 bits per heavy atom. The van der Waals surface area contributed by atoms with Crippen LogP contribution in [-0.2, 0) is 13.0 Å². The van der Waals surface area contributed by atoms with Crippen LogP contribution in [0.4, 0.5) is 5.95 Å². The molecule has 0 radical (unpaired) electrons. The van der Waals surface area contributed by atoms with Gasteiger partial charge in [0.15, 0.2) is 0 Å². The third-order valence-electron chi connectivity index (χ3n) is 4.05. The number of piperidine rings is 1. The van der Waals surface area contributed by atoms with Gasteiger partial charge in [-0.2, -0.15) is 0 Å². The van der Waals surface area contributed by atoms with Gasteiger partial charge in [-0.1, -0.05) is 20.8 Å². The molecule has 1 aliphatic heterocycles. The molecule has 1 aromatic heterocycles. The van der Waals surface area contributed by atoms with Gasteiger partial charge in [-0.25, -0.2) is 4.98 Å². The first-order valence-electron chi connectivity index (χ1n) is 8.13. The summed E-state index contributed by atoms with van der Waals surface area (Å²) in [7, 11) is 2.05. The molecule has 0 spiro atoms. The average molecular weight is 278 g/mol. The summed E-state index contributed by atoms with van der Waals surface area (Å²) in [5.74, 6) is 1.84. The molecule has 0 aliphatic carbocycles. The monoisotopic (exact) mass is 278 g/mol. The van der Waals surface area contributed by atoms with E-state index in [1.54, 1.807) is 0 Å². The highest BCUT2D eigenvalue weighted by Gasteiger charge is 2.26. The molecule has 2 rings (SSSR count). The van der Waals surface area contributed by atoms with Crippen LogP contribution < -0.4 is 10.2 Å². The van der Waals surface area contributed by atoms with Gasteiger partial charge in [-0.05, 0) is 38.6 Å². The smallest absolute Gasteiger partial charge is 0.206 e. The second kappa shape index (κ2) is 7.11. The number of anilines is 1. The largest absolute Gasteiger partial charge is 0.338 e. The summed E-state index contributed by atoms with van der Waals surface area (Å²) in [6.07, 6.45) is 7.17. The lowest BCUT2D eigenvalue weighted by Crippen LogP contribution is -2.46. The molecular weight excluding hydrogens is 248 g/mol. The van der Waals surface area contributed by atoms with E-state index in [9.17, 15) is 0 Å². The van der Waals surface area contributed by atoms with Crippen LogP contribution in [0.25, 0.3) is 0 Å². The number of nitrogens with one attached hydrogen (secondary N) is 1. The van der Waals surface area contributed by atoms with E-state index < -0.39 is 0 Å². The van der Waals surface area contributed by atoms with Crippen molar-refractivity contribution in [2.24, 2.45) is 5.92 Å². The Bertz CT molecular complexity index is 409. The molecule has 4 heteroatoms. The molecule has 4 nitrogen and oxygen atoms in total. The van der Waals surface area contributed by atoms with Crippen molar-refractivity contribution < 1.29 is 0 Å². The molecule has 0 saturated carbocycles. The number of likely N-dealkylation sites (N-methyl/N-ethyl adjacent to an activating group) is 1. The summed E-state index contributed by atoms with van der Waals surface area (Å²) < 4.78 is 2.37. The van der Waals surface area contributed by atoms with E-state index >= 15 is 0 Å². The van der Waals surface area contributed by atoms with Crippen LogP contribution in [0.2, 0.25) is 0 Å². The fourth-order valence-electron chi connectivity index (χ4n) is 3.10. The van der Waals surface area contributed by atoms with Crippen molar-refractivity contribution >= 4 is 5.95 Å². The quantitative estimate of drug-likeness (QED) is 0.868. The Morgan fingerprint density at radius 3 is 2.85 bits per heavy atom. The highest BCUT2D eigenvalue weighted by atomic mass is 15.3. The molecule has 1 saturated heterocycles. The van der Waals surface area contributed by atoms with Gasteiger partial charge in [0, 0.05) is 31.9 Å². The number of hydrogen-bond acceptors (Lipinski definition) is 3. The molecule has 1 aliphatic rings. The fourth-order valence-corrected chi connectivity index (χ4v) is 3.10. The third kappa shape index (κ3) is 3.54. The van der Waals surface area contributed by atoms with Gasteiger partial charge in [0.2, 0.25) is 5.95 Å². The molecule has 1 aromatic rings. The Hall–Kier alpha value is -1.03. The summed E-state index contributed by atoms with van der Waals surface area (Å²) in [5.41, 5.74) is 1.22. The molecule has 20 heavy (non-hydrogen) atoms. The summed E-state index contributed by atoms with van der Waals surface area (Å²) in [5, 5.41) is 3.34. The van der Waals surface area contributed by atoms with Crippen LogP contribution in [0, 0.1) is 5.92 Å². The Morgan fingerprint density at radius 1 is 1.40 bits per heavy atom. The lowest BCUT2D eigenvalue weighted by molar-refractivity contribution is 0.427. The van der Waals surface area contributed by atoms with Crippen LogP contribution in [0.15, 0.2) is 6.20 Å². The van der Waals surface area contributed by atoms with Crippen molar-refractivity contribution in [2.75, 3.05) is 25.0 Å². The van der Waals surface area contributed by atoms with Crippen LogP contribution >= 0.6 is 0 Å². The van der Waals surface area contributed by atoms with Crippen molar-refractivity contribution in [1.82, 2.24) is 14.9 Å². The normalized spacial score (nSPS) is 19.9. The van der Waals surface area contributed by atoms with Crippen LogP contribution in [-0.4, -0.2) is 35.7 Å². The summed E-state index contributed by atoms with van der Waals surface area (Å²) in [4.78, 5) is 7.43. The maximum Gasteiger partial charge on any atom is 0.206 e. The molecule has 0 aromatic carbocycles. The van der Waals surface area contributed by atoms with Crippen LogP contribution in [0.1, 0.15) is 45.7 Å². The van der Waals surface area contributed by atoms with Crippen molar-refractivity contribution in [3.63, 3.8) is 0 Å². The predicted molar refractivity (Wildman–Crippen MR) is 85.4 cm³/mol. The molecule has 0 amide bonds. The predicted octanol–water partition coefficient (Wildman–Crippen LogP) is 2.68. The molecule has 1 unspecified atom stereocenters. The van der Waals surface area contributed by atoms with Gasteiger partial charge >= 0.3 is 0 Å². The van der Waals surface area contributed by atoms with Gasteiger partial charge in [0.1, 0.15) is 0 Å². The minimum atomic E-state index is 0.590. The maximum atomic E-state index is 4.90. The Kier molecular flexibility index (Phi) is 5.46. The topological polar surface area (TPSA) is 33.1 Å². The standard InChI is InChI=1S/C16H30N4/c1-5-14-12-19(11-13(2)3)16(18-14)20-9-7-6-8-15(20)10-17-4/h12-13,15,17H,5-11H2,1-4H3. The minimum absolute atomic E-state index is 0.590. The van der Waals surface area contributed by atoms with Gasteiger partial charge in [-0.3, -0.25) is 0 Å². The van der Waals surface area contributed by atoms with E-state index in [2.05, 4.69) is 41.8 Å². The molecule has 1 atom stereocenters. The minimum Gasteiger partial charge on any atom is -0.338 e. The van der Waals surface area contributed by atoms with Crippen molar-refractivity contribution in [3.05, 3.63) is 11.9 Å². The van der Waals surface area contributed by atoms with E-state index in [4.69, 9.17) is 4.98 Å². The Balaban J connectivity index is 2.25. The molecule has 114 valence electrons. The third-order valence-corrected chi connectivity index (χ3v) is 4.05. The zero-order valence-electron chi connectivity index (χ0n) is 13.5. The first-order valence-corrected chi connectivity index (χ1v) is 8.13. The number of hydrogen-bond donors (Lipinski definition) is 1. The van der Waals surface area contributed by atoms with Gasteiger partial charge in [-0.15, -0.1) is 0 Å². The summed E-state index contributed by atoms with van der Waals surface area (Å²) >= 11 is 0. The first kappa shape index (κ1) is 15.4. The van der Waals surface area contributed by atoms with Crippen molar-refractivity contribution in [3.8, 4) is 0 Å². The second-order valence-electron chi connectivity index (χ2n) is 6.33. The Labute approximate surface area is 123 Å². The van der Waals surface area contributed by atoms with E-state index in [1.165, 1.54) is 30.9 Å². The first-order chi connectivity index (χ1) is 9.65. The number of imidazole rings is 1. The summed E-state index contributed by atoms with van der Waals surface area (Å²) in [6.45, 7) is 9.99.